The number of rotatable bonds is 6. The molecule has 128 valence electrons. The molecule has 1 N–H and O–H groups in total. The van der Waals surface area contributed by atoms with Gasteiger partial charge in [0.05, 0.1) is 6.61 Å². The molecular formula is C21H22N2O2. The summed E-state index contributed by atoms with van der Waals surface area (Å²) in [6, 6.07) is 16.9. The molecular weight excluding hydrogens is 312 g/mol. The Balaban J connectivity index is 2.11. The number of carbonyl (C=O) groups is 1. The fraction of sp³-hybridized carbons (Fsp3) is 0.238. The van der Waals surface area contributed by atoms with Crippen LogP contribution in [0.4, 0.5) is 5.69 Å². The standard InChI is InChI=1S/C21H22N2O2/c1-4-25-20-11-9-19(10-12-20)23-21(24)18(14-22)13-16-5-7-17(8-6-16)15(2)3/h5-13,15H,4H2,1-3H3,(H,23,24)/b18-13+. The zero-order valence-corrected chi connectivity index (χ0v) is 14.7. The van der Waals surface area contributed by atoms with Gasteiger partial charge in [0.25, 0.3) is 5.91 Å². The maximum atomic E-state index is 12.3. The highest BCUT2D eigenvalue weighted by Gasteiger charge is 2.10. The van der Waals surface area contributed by atoms with Crippen LogP contribution < -0.4 is 10.1 Å². The Hall–Kier alpha value is -3.06. The number of benzene rings is 2. The first-order valence-electron chi connectivity index (χ1n) is 8.29. The molecule has 0 radical (unpaired) electrons. The summed E-state index contributed by atoms with van der Waals surface area (Å²) in [7, 11) is 0. The second-order valence-corrected chi connectivity index (χ2v) is 5.90. The van der Waals surface area contributed by atoms with E-state index in [1.165, 1.54) is 5.56 Å². The maximum Gasteiger partial charge on any atom is 0.266 e. The third-order valence-electron chi connectivity index (χ3n) is 3.70. The maximum absolute atomic E-state index is 12.3. The molecule has 0 heterocycles. The Bertz CT molecular complexity index is 782. The SMILES string of the molecule is CCOc1ccc(NC(=O)/C(C#N)=C/c2ccc(C(C)C)cc2)cc1. The van der Waals surface area contributed by atoms with Gasteiger partial charge >= 0.3 is 0 Å². The van der Waals surface area contributed by atoms with E-state index in [0.29, 0.717) is 18.2 Å². The van der Waals surface area contributed by atoms with Gasteiger partial charge in [-0.1, -0.05) is 38.1 Å². The van der Waals surface area contributed by atoms with Gasteiger partial charge in [-0.15, -0.1) is 0 Å². The number of ether oxygens (including phenoxy) is 1. The minimum Gasteiger partial charge on any atom is -0.494 e. The Morgan fingerprint density at radius 2 is 1.80 bits per heavy atom. The van der Waals surface area contributed by atoms with Crippen molar-refractivity contribution >= 4 is 17.7 Å². The second kappa shape index (κ2) is 8.70. The Morgan fingerprint density at radius 3 is 2.32 bits per heavy atom. The fourth-order valence-corrected chi connectivity index (χ4v) is 2.29. The number of hydrogen-bond acceptors (Lipinski definition) is 3. The summed E-state index contributed by atoms with van der Waals surface area (Å²) in [5.41, 5.74) is 2.72. The van der Waals surface area contributed by atoms with E-state index in [9.17, 15) is 10.1 Å². The minimum atomic E-state index is -0.431. The van der Waals surface area contributed by atoms with Crippen molar-refractivity contribution in [1.82, 2.24) is 0 Å². The molecule has 0 aliphatic heterocycles. The lowest BCUT2D eigenvalue weighted by Gasteiger charge is -2.07. The van der Waals surface area contributed by atoms with Crippen LogP contribution in [-0.2, 0) is 4.79 Å². The Kier molecular flexibility index (Phi) is 6.36. The second-order valence-electron chi connectivity index (χ2n) is 5.90. The highest BCUT2D eigenvalue weighted by molar-refractivity contribution is 6.09. The average Bonchev–Trinajstić information content (AvgIpc) is 2.62. The lowest BCUT2D eigenvalue weighted by molar-refractivity contribution is -0.112. The van der Waals surface area contributed by atoms with Crippen LogP contribution in [0.3, 0.4) is 0 Å². The first-order valence-corrected chi connectivity index (χ1v) is 8.29. The summed E-state index contributed by atoms with van der Waals surface area (Å²) in [6.45, 7) is 6.74. The van der Waals surface area contributed by atoms with Crippen molar-refractivity contribution in [2.24, 2.45) is 0 Å². The fourth-order valence-electron chi connectivity index (χ4n) is 2.29. The van der Waals surface area contributed by atoms with E-state index >= 15 is 0 Å². The third-order valence-corrected chi connectivity index (χ3v) is 3.70. The third kappa shape index (κ3) is 5.22. The molecule has 4 heteroatoms. The van der Waals surface area contributed by atoms with E-state index in [1.54, 1.807) is 30.3 Å². The van der Waals surface area contributed by atoms with Crippen LogP contribution in [0.15, 0.2) is 54.1 Å². The number of nitrogens with one attached hydrogen (secondary N) is 1. The van der Waals surface area contributed by atoms with Gasteiger partial charge < -0.3 is 10.1 Å². The highest BCUT2D eigenvalue weighted by atomic mass is 16.5. The van der Waals surface area contributed by atoms with Crippen LogP contribution in [0.25, 0.3) is 6.08 Å². The van der Waals surface area contributed by atoms with E-state index in [-0.39, 0.29) is 5.57 Å². The zero-order valence-electron chi connectivity index (χ0n) is 14.7. The molecule has 0 aromatic heterocycles. The molecule has 1 amide bonds. The van der Waals surface area contributed by atoms with Crippen LogP contribution in [0.5, 0.6) is 5.75 Å². The van der Waals surface area contributed by atoms with Gasteiger partial charge in [0.15, 0.2) is 0 Å². The van der Waals surface area contributed by atoms with Crippen LogP contribution in [0, 0.1) is 11.3 Å². The zero-order chi connectivity index (χ0) is 18.2. The summed E-state index contributed by atoms with van der Waals surface area (Å²) in [5, 5.41) is 12.0. The Labute approximate surface area is 148 Å². The molecule has 0 saturated carbocycles. The number of hydrogen-bond donors (Lipinski definition) is 1. The summed E-state index contributed by atoms with van der Waals surface area (Å²) in [6.07, 6.45) is 1.59. The molecule has 4 nitrogen and oxygen atoms in total. The van der Waals surface area contributed by atoms with Gasteiger partial charge in [-0.25, -0.2) is 0 Å². The number of nitriles is 1. The summed E-state index contributed by atoms with van der Waals surface area (Å²) >= 11 is 0. The average molecular weight is 334 g/mol. The molecule has 25 heavy (non-hydrogen) atoms. The smallest absolute Gasteiger partial charge is 0.266 e. The minimum absolute atomic E-state index is 0.0613. The van der Waals surface area contributed by atoms with Gasteiger partial charge in [0, 0.05) is 5.69 Å². The van der Waals surface area contributed by atoms with Crippen molar-refractivity contribution < 1.29 is 9.53 Å². The van der Waals surface area contributed by atoms with Crippen molar-refractivity contribution in [2.45, 2.75) is 26.7 Å². The van der Waals surface area contributed by atoms with Crippen molar-refractivity contribution in [3.05, 3.63) is 65.2 Å². The summed E-state index contributed by atoms with van der Waals surface area (Å²) < 4.78 is 5.36. The lowest BCUT2D eigenvalue weighted by Crippen LogP contribution is -2.13. The van der Waals surface area contributed by atoms with Crippen molar-refractivity contribution in [1.29, 1.82) is 5.26 Å². The largest absolute Gasteiger partial charge is 0.494 e. The first kappa shape index (κ1) is 18.3. The van der Waals surface area contributed by atoms with E-state index in [2.05, 4.69) is 19.2 Å². The van der Waals surface area contributed by atoms with E-state index < -0.39 is 5.91 Å². The normalized spacial score (nSPS) is 11.1. The topological polar surface area (TPSA) is 62.1 Å². The molecule has 2 aromatic carbocycles. The predicted molar refractivity (Wildman–Crippen MR) is 100 cm³/mol. The number of amides is 1. The van der Waals surface area contributed by atoms with Crippen molar-refractivity contribution in [2.75, 3.05) is 11.9 Å². The molecule has 0 aliphatic carbocycles. The van der Waals surface area contributed by atoms with Gasteiger partial charge in [-0.3, -0.25) is 4.79 Å². The quantitative estimate of drug-likeness (QED) is 0.612. The molecule has 0 unspecified atom stereocenters. The highest BCUT2D eigenvalue weighted by Crippen LogP contribution is 2.18. The summed E-state index contributed by atoms with van der Waals surface area (Å²) in [4.78, 5) is 12.3. The molecule has 0 aliphatic rings. The number of nitrogens with zero attached hydrogens (tertiary/aromatic N) is 1. The molecule has 2 rings (SSSR count). The summed E-state index contributed by atoms with van der Waals surface area (Å²) in [5.74, 6) is 0.748. The van der Waals surface area contributed by atoms with Crippen LogP contribution in [-0.4, -0.2) is 12.5 Å². The van der Waals surface area contributed by atoms with E-state index in [4.69, 9.17) is 4.74 Å². The molecule has 0 saturated heterocycles. The predicted octanol–water partition coefficient (Wildman–Crippen LogP) is 4.75. The molecule has 0 atom stereocenters. The van der Waals surface area contributed by atoms with Crippen molar-refractivity contribution in [3.8, 4) is 11.8 Å². The lowest BCUT2D eigenvalue weighted by atomic mass is 10.0. The van der Waals surface area contributed by atoms with E-state index in [0.717, 1.165) is 11.3 Å². The van der Waals surface area contributed by atoms with Crippen LogP contribution in [0.2, 0.25) is 0 Å². The van der Waals surface area contributed by atoms with Gasteiger partial charge in [-0.05, 0) is 54.3 Å². The molecule has 0 bridgehead atoms. The van der Waals surface area contributed by atoms with Crippen LogP contribution in [0.1, 0.15) is 37.8 Å². The van der Waals surface area contributed by atoms with Crippen LogP contribution >= 0.6 is 0 Å². The van der Waals surface area contributed by atoms with Gasteiger partial charge in [0.1, 0.15) is 17.4 Å². The monoisotopic (exact) mass is 334 g/mol. The molecule has 0 spiro atoms. The first-order chi connectivity index (χ1) is 12.0. The molecule has 2 aromatic rings. The Morgan fingerprint density at radius 1 is 1.16 bits per heavy atom. The van der Waals surface area contributed by atoms with Gasteiger partial charge in [-0.2, -0.15) is 5.26 Å². The molecule has 0 fully saturated rings. The van der Waals surface area contributed by atoms with Crippen molar-refractivity contribution in [3.63, 3.8) is 0 Å². The van der Waals surface area contributed by atoms with E-state index in [1.807, 2.05) is 37.3 Å². The number of anilines is 1. The number of carbonyl (C=O) groups excluding carboxylic acids is 1. The van der Waals surface area contributed by atoms with Gasteiger partial charge in [0.2, 0.25) is 0 Å².